The molecule has 7 heteroatoms. The summed E-state index contributed by atoms with van der Waals surface area (Å²) in [5, 5.41) is 8.31. The largest absolute Gasteiger partial charge is 0.365 e. The van der Waals surface area contributed by atoms with Crippen LogP contribution < -0.4 is 5.73 Å². The van der Waals surface area contributed by atoms with Crippen LogP contribution in [0, 0.1) is 10.5 Å². The first-order valence-corrected chi connectivity index (χ1v) is 5.62. The minimum absolute atomic E-state index is 0.405. The molecule has 16 heavy (non-hydrogen) atoms. The Hall–Kier alpha value is -1.38. The van der Waals surface area contributed by atoms with Crippen LogP contribution >= 0.6 is 22.6 Å². The summed E-state index contributed by atoms with van der Waals surface area (Å²) in [5.74, 6) is 0.0963. The van der Waals surface area contributed by atoms with Crippen LogP contribution in [-0.2, 0) is 7.05 Å². The summed E-state index contributed by atoms with van der Waals surface area (Å²) >= 11 is 2.15. The van der Waals surface area contributed by atoms with E-state index in [1.807, 2.05) is 6.20 Å². The van der Waals surface area contributed by atoms with Crippen molar-refractivity contribution in [1.82, 2.24) is 19.6 Å². The first-order valence-electron chi connectivity index (χ1n) is 4.54. The number of carbonyl (C=O) groups excluding carboxylic acids is 1. The zero-order chi connectivity index (χ0) is 11.9. The highest BCUT2D eigenvalue weighted by molar-refractivity contribution is 14.1. The van der Waals surface area contributed by atoms with Crippen molar-refractivity contribution < 1.29 is 4.79 Å². The van der Waals surface area contributed by atoms with Crippen LogP contribution in [-0.4, -0.2) is 25.5 Å². The fraction of sp³-hybridized carbons (Fsp3) is 0.222. The smallest absolute Gasteiger partial charge is 0.254 e. The van der Waals surface area contributed by atoms with Gasteiger partial charge in [-0.3, -0.25) is 4.79 Å². The molecule has 0 saturated heterocycles. The Morgan fingerprint density at radius 1 is 1.56 bits per heavy atom. The second kappa shape index (κ2) is 3.89. The van der Waals surface area contributed by atoms with Crippen molar-refractivity contribution in [3.05, 3.63) is 27.2 Å². The molecule has 2 N–H and O–H groups in total. The Balaban J connectivity index is 2.68. The highest BCUT2D eigenvalue weighted by Gasteiger charge is 2.19. The maximum Gasteiger partial charge on any atom is 0.254 e. The molecule has 0 aliphatic rings. The number of primary amides is 1. The second-order valence-electron chi connectivity index (χ2n) is 3.37. The van der Waals surface area contributed by atoms with Crippen molar-refractivity contribution in [2.24, 2.45) is 12.8 Å². The minimum Gasteiger partial charge on any atom is -0.365 e. The Labute approximate surface area is 106 Å². The third-order valence-corrected chi connectivity index (χ3v) is 2.76. The summed E-state index contributed by atoms with van der Waals surface area (Å²) in [6.07, 6.45) is 3.51. The number of hydrogen-bond donors (Lipinski definition) is 1. The Kier molecular flexibility index (Phi) is 2.70. The molecular weight excluding hydrogens is 321 g/mol. The molecule has 0 aromatic carbocycles. The summed E-state index contributed by atoms with van der Waals surface area (Å²) in [6.45, 7) is 1.75. The lowest BCUT2D eigenvalue weighted by atomic mass is 10.2. The topological polar surface area (TPSA) is 78.7 Å². The first-order chi connectivity index (χ1) is 7.50. The molecule has 2 heterocycles. The van der Waals surface area contributed by atoms with Crippen molar-refractivity contribution in [1.29, 1.82) is 0 Å². The molecular formula is C9H10IN5O. The Morgan fingerprint density at radius 2 is 2.25 bits per heavy atom. The van der Waals surface area contributed by atoms with Gasteiger partial charge in [0.25, 0.3) is 5.91 Å². The molecule has 2 aromatic heterocycles. The van der Waals surface area contributed by atoms with E-state index in [2.05, 4.69) is 32.8 Å². The van der Waals surface area contributed by atoms with E-state index in [1.54, 1.807) is 29.5 Å². The zero-order valence-corrected chi connectivity index (χ0v) is 11.0. The Bertz CT molecular complexity index is 556. The third-order valence-electron chi connectivity index (χ3n) is 2.21. The van der Waals surface area contributed by atoms with E-state index in [-0.39, 0.29) is 0 Å². The normalized spacial score (nSPS) is 10.7. The number of amides is 1. The molecule has 0 radical (unpaired) electrons. The van der Waals surface area contributed by atoms with Crippen molar-refractivity contribution in [3.63, 3.8) is 0 Å². The van der Waals surface area contributed by atoms with Gasteiger partial charge in [-0.1, -0.05) is 0 Å². The number of aromatic nitrogens is 4. The Morgan fingerprint density at radius 3 is 2.75 bits per heavy atom. The first kappa shape index (κ1) is 11.1. The van der Waals surface area contributed by atoms with Gasteiger partial charge in [-0.15, -0.1) is 0 Å². The number of nitrogens with zero attached hydrogens (tertiary/aromatic N) is 4. The number of hydrogen-bond acceptors (Lipinski definition) is 3. The number of rotatable bonds is 2. The fourth-order valence-electron chi connectivity index (χ4n) is 1.61. The van der Waals surface area contributed by atoms with Gasteiger partial charge in [0.1, 0.15) is 5.56 Å². The van der Waals surface area contributed by atoms with Gasteiger partial charge in [-0.2, -0.15) is 10.2 Å². The molecule has 6 nitrogen and oxygen atoms in total. The van der Waals surface area contributed by atoms with Crippen molar-refractivity contribution >= 4 is 28.5 Å². The van der Waals surface area contributed by atoms with Gasteiger partial charge < -0.3 is 5.73 Å². The molecule has 0 aliphatic carbocycles. The van der Waals surface area contributed by atoms with Crippen LogP contribution in [0.4, 0.5) is 0 Å². The second-order valence-corrected chi connectivity index (χ2v) is 4.62. The van der Waals surface area contributed by atoms with E-state index in [0.717, 1.165) is 3.57 Å². The predicted octanol–water partition coefficient (Wildman–Crippen LogP) is 0.618. The third kappa shape index (κ3) is 1.70. The zero-order valence-electron chi connectivity index (χ0n) is 8.81. The molecule has 1 amide bonds. The van der Waals surface area contributed by atoms with Crippen molar-refractivity contribution in [3.8, 4) is 5.82 Å². The average molecular weight is 331 g/mol. The summed E-state index contributed by atoms with van der Waals surface area (Å²) in [5.41, 5.74) is 6.35. The van der Waals surface area contributed by atoms with Crippen LogP contribution in [0.5, 0.6) is 0 Å². The maximum absolute atomic E-state index is 11.4. The van der Waals surface area contributed by atoms with Gasteiger partial charge in [0.05, 0.1) is 15.5 Å². The lowest BCUT2D eigenvalue weighted by molar-refractivity contribution is 0.0999. The van der Waals surface area contributed by atoms with Crippen molar-refractivity contribution in [2.75, 3.05) is 0 Å². The van der Waals surface area contributed by atoms with Gasteiger partial charge in [-0.05, 0) is 29.5 Å². The van der Waals surface area contributed by atoms with E-state index >= 15 is 0 Å². The average Bonchev–Trinajstić information content (AvgIpc) is 2.69. The van der Waals surface area contributed by atoms with E-state index in [4.69, 9.17) is 5.73 Å². The van der Waals surface area contributed by atoms with Crippen molar-refractivity contribution in [2.45, 2.75) is 6.92 Å². The molecule has 0 unspecified atom stereocenters. The SMILES string of the molecule is Cc1nn(C)c(-n2cc(I)cn2)c1C(N)=O. The molecule has 84 valence electrons. The van der Waals surface area contributed by atoms with Gasteiger partial charge >= 0.3 is 0 Å². The number of carbonyl (C=O) groups is 1. The summed E-state index contributed by atoms with van der Waals surface area (Å²) in [4.78, 5) is 11.4. The number of aryl methyl sites for hydroxylation is 2. The molecule has 2 aromatic rings. The lowest BCUT2D eigenvalue weighted by Crippen LogP contribution is -2.16. The molecule has 0 spiro atoms. The fourth-order valence-corrected chi connectivity index (χ4v) is 2.00. The number of nitrogens with two attached hydrogens (primary N) is 1. The van der Waals surface area contributed by atoms with E-state index in [0.29, 0.717) is 17.1 Å². The molecule has 0 aliphatic heterocycles. The number of halogens is 1. The quantitative estimate of drug-likeness (QED) is 0.820. The minimum atomic E-state index is -0.494. The molecule has 0 bridgehead atoms. The van der Waals surface area contributed by atoms with Gasteiger partial charge in [0, 0.05) is 13.2 Å². The highest BCUT2D eigenvalue weighted by atomic mass is 127. The molecule has 0 saturated carbocycles. The summed E-state index contributed by atoms with van der Waals surface area (Å²) in [7, 11) is 1.75. The monoisotopic (exact) mass is 331 g/mol. The summed E-state index contributed by atoms with van der Waals surface area (Å²) in [6, 6.07) is 0. The maximum atomic E-state index is 11.4. The van der Waals surface area contributed by atoms with E-state index in [1.165, 1.54) is 0 Å². The standard InChI is InChI=1S/C9H10IN5O/c1-5-7(8(11)16)9(14(2)13-5)15-4-6(10)3-12-15/h3-4H,1-2H3,(H2,11,16). The highest BCUT2D eigenvalue weighted by Crippen LogP contribution is 2.17. The van der Waals surface area contributed by atoms with Crippen LogP contribution in [0.3, 0.4) is 0 Å². The van der Waals surface area contributed by atoms with Gasteiger partial charge in [0.2, 0.25) is 0 Å². The van der Waals surface area contributed by atoms with Crippen LogP contribution in [0.25, 0.3) is 5.82 Å². The molecule has 0 fully saturated rings. The van der Waals surface area contributed by atoms with Gasteiger partial charge in [0.15, 0.2) is 5.82 Å². The molecule has 0 atom stereocenters. The lowest BCUT2D eigenvalue weighted by Gasteiger charge is -2.03. The summed E-state index contributed by atoms with van der Waals surface area (Å²) < 4.78 is 4.17. The van der Waals surface area contributed by atoms with Crippen LogP contribution in [0.15, 0.2) is 12.4 Å². The van der Waals surface area contributed by atoms with Gasteiger partial charge in [-0.25, -0.2) is 9.36 Å². The van der Waals surface area contributed by atoms with Crippen LogP contribution in [0.2, 0.25) is 0 Å². The van der Waals surface area contributed by atoms with Crippen LogP contribution in [0.1, 0.15) is 16.1 Å². The molecule has 2 rings (SSSR count). The van der Waals surface area contributed by atoms with E-state index in [9.17, 15) is 4.79 Å². The van der Waals surface area contributed by atoms with E-state index < -0.39 is 5.91 Å². The predicted molar refractivity (Wildman–Crippen MR) is 66.3 cm³/mol.